The molecule has 26 heavy (non-hydrogen) atoms. The molecule has 1 aromatic rings. The lowest BCUT2D eigenvalue weighted by Crippen LogP contribution is -2.55. The number of benzene rings is 1. The highest BCUT2D eigenvalue weighted by Gasteiger charge is 2.56. The Hall–Kier alpha value is -1.93. The summed E-state index contributed by atoms with van der Waals surface area (Å²) in [6, 6.07) is 6.00. The first-order valence-corrected chi connectivity index (χ1v) is 8.72. The number of nitrogens with zero attached hydrogens (tertiary/aromatic N) is 2. The highest BCUT2D eigenvalue weighted by atomic mass is 16.7. The predicted molar refractivity (Wildman–Crippen MR) is 95.4 cm³/mol. The zero-order chi connectivity index (χ0) is 18.9. The maximum atomic E-state index is 13.3. The summed E-state index contributed by atoms with van der Waals surface area (Å²) in [6.45, 7) is 4.64. The lowest BCUT2D eigenvalue weighted by molar-refractivity contribution is -0.256. The van der Waals surface area contributed by atoms with Crippen LogP contribution in [0.4, 0.5) is 0 Å². The SMILES string of the molecule is COC1=C(c2cc(C)ccc2C)C(=O)N(OCO)C12CCN(OC)CC2. The molecule has 0 unspecified atom stereocenters. The summed E-state index contributed by atoms with van der Waals surface area (Å²) in [5.74, 6) is 0.316. The Morgan fingerprint density at radius 3 is 2.46 bits per heavy atom. The highest BCUT2D eigenvalue weighted by molar-refractivity contribution is 6.23. The molecule has 0 aromatic heterocycles. The van der Waals surface area contributed by atoms with Crippen molar-refractivity contribution in [3.05, 3.63) is 40.6 Å². The third-order valence-electron chi connectivity index (χ3n) is 5.30. The van der Waals surface area contributed by atoms with Crippen LogP contribution in [-0.4, -0.2) is 60.8 Å². The average molecular weight is 362 g/mol. The Morgan fingerprint density at radius 2 is 1.88 bits per heavy atom. The first-order chi connectivity index (χ1) is 12.5. The number of rotatable bonds is 5. The fourth-order valence-corrected chi connectivity index (χ4v) is 3.96. The standard InChI is InChI=1S/C19H26N2O5/c1-13-5-6-14(2)15(11-13)16-17(24-3)19(21(18(16)23)26-12-22)7-9-20(25-4)10-8-19/h5-6,11,22H,7-10,12H2,1-4H3. The van der Waals surface area contributed by atoms with Crippen LogP contribution in [0.15, 0.2) is 24.0 Å². The van der Waals surface area contributed by atoms with E-state index in [2.05, 4.69) is 0 Å². The van der Waals surface area contributed by atoms with Crippen LogP contribution in [0.1, 0.15) is 29.5 Å². The van der Waals surface area contributed by atoms with Crippen LogP contribution in [0.5, 0.6) is 0 Å². The number of aliphatic hydroxyl groups is 1. The molecule has 1 amide bonds. The summed E-state index contributed by atoms with van der Waals surface area (Å²) >= 11 is 0. The zero-order valence-electron chi connectivity index (χ0n) is 15.7. The van der Waals surface area contributed by atoms with Gasteiger partial charge in [-0.05, 0) is 37.8 Å². The maximum absolute atomic E-state index is 13.3. The Balaban J connectivity index is 2.13. The number of methoxy groups -OCH3 is 1. The maximum Gasteiger partial charge on any atom is 0.282 e. The second-order valence-corrected chi connectivity index (χ2v) is 6.73. The molecule has 0 bridgehead atoms. The topological polar surface area (TPSA) is 71.5 Å². The highest BCUT2D eigenvalue weighted by Crippen LogP contribution is 2.47. The van der Waals surface area contributed by atoms with E-state index < -0.39 is 12.3 Å². The molecular formula is C19H26N2O5. The summed E-state index contributed by atoms with van der Waals surface area (Å²) < 4.78 is 5.78. The van der Waals surface area contributed by atoms with E-state index in [4.69, 9.17) is 14.4 Å². The van der Waals surface area contributed by atoms with Crippen LogP contribution in [-0.2, 0) is 19.2 Å². The Labute approximate surface area is 153 Å². The van der Waals surface area contributed by atoms with E-state index in [1.165, 1.54) is 5.06 Å². The number of piperidine rings is 1. The lowest BCUT2D eigenvalue weighted by atomic mass is 9.85. The molecule has 1 saturated heterocycles. The van der Waals surface area contributed by atoms with Crippen LogP contribution in [0.2, 0.25) is 0 Å². The van der Waals surface area contributed by atoms with E-state index in [1.54, 1.807) is 14.2 Å². The van der Waals surface area contributed by atoms with Gasteiger partial charge in [0.2, 0.25) is 0 Å². The molecule has 2 aliphatic heterocycles. The van der Waals surface area contributed by atoms with Crippen molar-refractivity contribution in [1.82, 2.24) is 10.1 Å². The molecule has 7 heteroatoms. The monoisotopic (exact) mass is 362 g/mol. The van der Waals surface area contributed by atoms with Crippen molar-refractivity contribution in [3.8, 4) is 0 Å². The smallest absolute Gasteiger partial charge is 0.282 e. The minimum atomic E-state index is -0.741. The van der Waals surface area contributed by atoms with Gasteiger partial charge in [-0.15, -0.1) is 0 Å². The predicted octanol–water partition coefficient (Wildman–Crippen LogP) is 1.78. The molecular weight excluding hydrogens is 336 g/mol. The number of aliphatic hydroxyl groups excluding tert-OH is 1. The quantitative estimate of drug-likeness (QED) is 0.805. The molecule has 0 saturated carbocycles. The summed E-state index contributed by atoms with van der Waals surface area (Å²) in [5, 5.41) is 12.5. The number of aryl methyl sites for hydroxylation is 2. The van der Waals surface area contributed by atoms with Gasteiger partial charge in [0.1, 0.15) is 11.3 Å². The molecule has 0 atom stereocenters. The van der Waals surface area contributed by atoms with Gasteiger partial charge in [-0.3, -0.25) is 4.79 Å². The van der Waals surface area contributed by atoms with Crippen molar-refractivity contribution in [1.29, 1.82) is 0 Å². The van der Waals surface area contributed by atoms with Gasteiger partial charge >= 0.3 is 0 Å². The van der Waals surface area contributed by atoms with Crippen molar-refractivity contribution in [2.75, 3.05) is 34.1 Å². The summed E-state index contributed by atoms with van der Waals surface area (Å²) in [5.41, 5.74) is 2.65. The molecule has 1 aromatic carbocycles. The summed E-state index contributed by atoms with van der Waals surface area (Å²) in [6.07, 6.45) is 1.17. The Kier molecular flexibility index (Phi) is 5.34. The molecule has 142 valence electrons. The van der Waals surface area contributed by atoms with E-state index in [9.17, 15) is 9.90 Å². The normalized spacial score (nSPS) is 20.3. The zero-order valence-corrected chi connectivity index (χ0v) is 15.7. The number of ether oxygens (including phenoxy) is 1. The van der Waals surface area contributed by atoms with Crippen LogP contribution in [0, 0.1) is 13.8 Å². The molecule has 1 N–H and O–H groups in total. The molecule has 3 rings (SSSR count). The van der Waals surface area contributed by atoms with Crippen LogP contribution < -0.4 is 0 Å². The number of hydrogen-bond donors (Lipinski definition) is 1. The second kappa shape index (κ2) is 7.36. The second-order valence-electron chi connectivity index (χ2n) is 6.73. The van der Waals surface area contributed by atoms with Crippen LogP contribution in [0.25, 0.3) is 5.57 Å². The molecule has 7 nitrogen and oxygen atoms in total. The fourth-order valence-electron chi connectivity index (χ4n) is 3.96. The van der Waals surface area contributed by atoms with E-state index in [0.29, 0.717) is 37.3 Å². The van der Waals surface area contributed by atoms with E-state index in [0.717, 1.165) is 16.7 Å². The third-order valence-corrected chi connectivity index (χ3v) is 5.30. The molecule has 2 aliphatic rings. The van der Waals surface area contributed by atoms with Gasteiger partial charge < -0.3 is 14.7 Å². The first-order valence-electron chi connectivity index (χ1n) is 8.72. The number of amides is 1. The van der Waals surface area contributed by atoms with Crippen LogP contribution in [0.3, 0.4) is 0 Å². The van der Waals surface area contributed by atoms with E-state index >= 15 is 0 Å². The van der Waals surface area contributed by atoms with E-state index in [1.807, 2.05) is 37.1 Å². The number of hydroxylamine groups is 4. The van der Waals surface area contributed by atoms with Gasteiger partial charge in [-0.1, -0.05) is 23.8 Å². The van der Waals surface area contributed by atoms with Gasteiger partial charge in [-0.25, -0.2) is 9.90 Å². The largest absolute Gasteiger partial charge is 0.498 e. The molecule has 0 radical (unpaired) electrons. The minimum Gasteiger partial charge on any atom is -0.498 e. The Bertz CT molecular complexity index is 723. The molecule has 0 aliphatic carbocycles. The number of carbonyl (C=O) groups excluding carboxylic acids is 1. The van der Waals surface area contributed by atoms with Gasteiger partial charge in [-0.2, -0.15) is 5.06 Å². The average Bonchev–Trinajstić information content (AvgIpc) is 2.86. The van der Waals surface area contributed by atoms with Gasteiger partial charge in [0.15, 0.2) is 6.79 Å². The third kappa shape index (κ3) is 2.91. The fraction of sp³-hybridized carbons (Fsp3) is 0.526. The van der Waals surface area contributed by atoms with Crippen molar-refractivity contribution in [3.63, 3.8) is 0 Å². The number of hydrogen-bond acceptors (Lipinski definition) is 6. The van der Waals surface area contributed by atoms with E-state index in [-0.39, 0.29) is 5.91 Å². The minimum absolute atomic E-state index is 0.282. The van der Waals surface area contributed by atoms with Crippen molar-refractivity contribution < 1.29 is 24.3 Å². The van der Waals surface area contributed by atoms with Crippen molar-refractivity contribution in [2.24, 2.45) is 0 Å². The van der Waals surface area contributed by atoms with Crippen molar-refractivity contribution >= 4 is 11.5 Å². The summed E-state index contributed by atoms with van der Waals surface area (Å²) in [7, 11) is 3.22. The lowest BCUT2D eigenvalue weighted by Gasteiger charge is -2.43. The van der Waals surface area contributed by atoms with Gasteiger partial charge in [0.05, 0.1) is 19.8 Å². The molecule has 2 heterocycles. The summed E-state index contributed by atoms with van der Waals surface area (Å²) in [4.78, 5) is 24.0. The van der Waals surface area contributed by atoms with Crippen LogP contribution >= 0.6 is 0 Å². The number of carbonyl (C=O) groups is 1. The Morgan fingerprint density at radius 1 is 1.19 bits per heavy atom. The van der Waals surface area contributed by atoms with Gasteiger partial charge in [0.25, 0.3) is 5.91 Å². The first kappa shape index (κ1) is 18.8. The van der Waals surface area contributed by atoms with Crippen molar-refractivity contribution in [2.45, 2.75) is 32.2 Å². The molecule has 1 spiro atoms. The van der Waals surface area contributed by atoms with Gasteiger partial charge in [0, 0.05) is 13.1 Å². The molecule has 1 fully saturated rings.